The number of hydrogen-bond acceptors (Lipinski definition) is 4. The monoisotopic (exact) mass is 346 g/mol. The van der Waals surface area contributed by atoms with Crippen LogP contribution in [-0.4, -0.2) is 22.4 Å². The minimum Gasteiger partial charge on any atom is -0.351 e. The molecule has 2 N–H and O–H groups in total. The number of carbonyl (C=O) groups is 1. The summed E-state index contributed by atoms with van der Waals surface area (Å²) < 4.78 is 1.00. The molecule has 0 saturated carbocycles. The predicted molar refractivity (Wildman–Crippen MR) is 87.6 cm³/mol. The molecule has 0 fully saturated rings. The van der Waals surface area contributed by atoms with Crippen LogP contribution in [0.3, 0.4) is 0 Å². The Bertz CT molecular complexity index is 655. The van der Waals surface area contributed by atoms with Crippen LogP contribution in [0.2, 0.25) is 0 Å². The van der Waals surface area contributed by atoms with Crippen LogP contribution in [-0.2, 0) is 0 Å². The third kappa shape index (κ3) is 4.13. The van der Waals surface area contributed by atoms with Crippen molar-refractivity contribution in [3.05, 3.63) is 58.8 Å². The summed E-state index contributed by atoms with van der Waals surface area (Å²) in [5.41, 5.74) is 2.18. The number of nitrogens with zero attached hydrogens (tertiary/aromatic N) is 2. The number of carbonyl (C=O) groups excluding carboxylic acids is 1. The van der Waals surface area contributed by atoms with Crippen molar-refractivity contribution in [1.29, 1.82) is 0 Å². The first-order valence-electron chi connectivity index (χ1n) is 6.34. The third-order valence-corrected chi connectivity index (χ3v) is 3.62. The highest BCUT2D eigenvalue weighted by molar-refractivity contribution is 9.10. The predicted octanol–water partition coefficient (Wildman–Crippen LogP) is 3.40. The van der Waals surface area contributed by atoms with Gasteiger partial charge in [0.25, 0.3) is 5.91 Å². The van der Waals surface area contributed by atoms with Crippen molar-refractivity contribution in [3.63, 3.8) is 0 Å². The van der Waals surface area contributed by atoms with E-state index < -0.39 is 0 Å². The molecular formula is C15H15BrN4O. The molecule has 2 aromatic rings. The molecule has 0 saturated heterocycles. The normalized spacial score (nSPS) is 10.0. The fourth-order valence-electron chi connectivity index (χ4n) is 1.63. The van der Waals surface area contributed by atoms with Crippen molar-refractivity contribution in [3.8, 4) is 0 Å². The van der Waals surface area contributed by atoms with Crippen molar-refractivity contribution in [2.24, 2.45) is 0 Å². The Morgan fingerprint density at radius 1 is 1.38 bits per heavy atom. The van der Waals surface area contributed by atoms with Gasteiger partial charge in [0, 0.05) is 29.1 Å². The number of halogens is 1. The maximum absolute atomic E-state index is 12.1. The van der Waals surface area contributed by atoms with Gasteiger partial charge in [0.15, 0.2) is 0 Å². The Morgan fingerprint density at radius 2 is 2.10 bits per heavy atom. The van der Waals surface area contributed by atoms with E-state index in [4.69, 9.17) is 0 Å². The molecule has 0 radical (unpaired) electrons. The van der Waals surface area contributed by atoms with Crippen molar-refractivity contribution >= 4 is 33.5 Å². The van der Waals surface area contributed by atoms with Gasteiger partial charge in [0.1, 0.15) is 0 Å². The van der Waals surface area contributed by atoms with Crippen molar-refractivity contribution in [2.75, 3.05) is 17.2 Å². The van der Waals surface area contributed by atoms with Gasteiger partial charge < -0.3 is 10.6 Å². The maximum atomic E-state index is 12.1. The minimum atomic E-state index is -0.244. The van der Waals surface area contributed by atoms with E-state index in [0.29, 0.717) is 18.1 Å². The summed E-state index contributed by atoms with van der Waals surface area (Å²) >= 11 is 3.42. The molecule has 0 aliphatic heterocycles. The quantitative estimate of drug-likeness (QED) is 0.814. The zero-order chi connectivity index (χ0) is 15.2. The number of rotatable bonds is 5. The van der Waals surface area contributed by atoms with Gasteiger partial charge in [-0.2, -0.15) is 0 Å². The third-order valence-electron chi connectivity index (χ3n) is 2.73. The molecule has 1 heterocycles. The fourth-order valence-corrected chi connectivity index (χ4v) is 1.87. The molecule has 2 rings (SSSR count). The molecule has 0 bridgehead atoms. The summed E-state index contributed by atoms with van der Waals surface area (Å²) in [6.45, 7) is 6.13. The molecule has 0 unspecified atom stereocenters. The number of nitrogens with one attached hydrogen (secondary N) is 2. The minimum absolute atomic E-state index is 0.244. The highest BCUT2D eigenvalue weighted by atomic mass is 79.9. The maximum Gasteiger partial charge on any atom is 0.258 e. The molecule has 6 heteroatoms. The van der Waals surface area contributed by atoms with Gasteiger partial charge in [-0.1, -0.05) is 22.0 Å². The molecule has 5 nitrogen and oxygen atoms in total. The van der Waals surface area contributed by atoms with Gasteiger partial charge in [0.05, 0.1) is 5.56 Å². The number of aryl methyl sites for hydroxylation is 1. The smallest absolute Gasteiger partial charge is 0.258 e. The van der Waals surface area contributed by atoms with Crippen LogP contribution in [0.4, 0.5) is 11.6 Å². The lowest BCUT2D eigenvalue weighted by Gasteiger charge is -2.07. The summed E-state index contributed by atoms with van der Waals surface area (Å²) in [6.07, 6.45) is 4.68. The van der Waals surface area contributed by atoms with Crippen molar-refractivity contribution in [2.45, 2.75) is 6.92 Å². The van der Waals surface area contributed by atoms with E-state index in [1.54, 1.807) is 6.08 Å². The number of aromatic nitrogens is 2. The summed E-state index contributed by atoms with van der Waals surface area (Å²) in [4.78, 5) is 20.2. The second-order valence-electron chi connectivity index (χ2n) is 4.38. The lowest BCUT2D eigenvalue weighted by atomic mass is 10.2. The number of benzene rings is 1. The summed E-state index contributed by atoms with van der Waals surface area (Å²) in [6, 6.07) is 5.61. The standard InChI is InChI=1S/C15H15BrN4O/c1-3-6-17-15-18-8-11(9-19-15)14(21)20-12-4-5-13(16)10(2)7-12/h3-5,7-9H,1,6H2,2H3,(H,20,21)(H,17,18,19). The largest absolute Gasteiger partial charge is 0.351 e. The van der Waals surface area contributed by atoms with Gasteiger partial charge in [-0.15, -0.1) is 6.58 Å². The Kier molecular flexibility index (Phi) is 5.05. The van der Waals surface area contributed by atoms with Crippen LogP contribution < -0.4 is 10.6 Å². The zero-order valence-corrected chi connectivity index (χ0v) is 13.1. The van der Waals surface area contributed by atoms with E-state index in [1.807, 2.05) is 25.1 Å². The average Bonchev–Trinajstić information content (AvgIpc) is 2.49. The topological polar surface area (TPSA) is 66.9 Å². The first kappa shape index (κ1) is 15.2. The highest BCUT2D eigenvalue weighted by Crippen LogP contribution is 2.20. The Labute approximate surface area is 131 Å². The zero-order valence-electron chi connectivity index (χ0n) is 11.6. The molecular weight excluding hydrogens is 332 g/mol. The van der Waals surface area contributed by atoms with Gasteiger partial charge >= 0.3 is 0 Å². The van der Waals surface area contributed by atoms with Crippen LogP contribution >= 0.6 is 15.9 Å². The van der Waals surface area contributed by atoms with E-state index >= 15 is 0 Å². The van der Waals surface area contributed by atoms with E-state index in [1.165, 1.54) is 12.4 Å². The second kappa shape index (κ2) is 6.99. The lowest BCUT2D eigenvalue weighted by Crippen LogP contribution is -2.13. The Morgan fingerprint density at radius 3 is 2.71 bits per heavy atom. The van der Waals surface area contributed by atoms with Crippen LogP contribution in [0.5, 0.6) is 0 Å². The van der Waals surface area contributed by atoms with E-state index in [-0.39, 0.29) is 5.91 Å². The summed E-state index contributed by atoms with van der Waals surface area (Å²) in [7, 11) is 0. The number of hydrogen-bond donors (Lipinski definition) is 2. The van der Waals surface area contributed by atoms with E-state index in [9.17, 15) is 4.79 Å². The average molecular weight is 347 g/mol. The molecule has 108 valence electrons. The van der Waals surface area contributed by atoms with Crippen LogP contribution in [0.1, 0.15) is 15.9 Å². The molecule has 21 heavy (non-hydrogen) atoms. The molecule has 0 spiro atoms. The Balaban J connectivity index is 2.05. The number of amides is 1. The fraction of sp³-hybridized carbons (Fsp3) is 0.133. The second-order valence-corrected chi connectivity index (χ2v) is 5.24. The SMILES string of the molecule is C=CCNc1ncc(C(=O)Nc2ccc(Br)c(C)c2)cn1. The molecule has 1 aromatic carbocycles. The van der Waals surface area contributed by atoms with E-state index in [2.05, 4.69) is 43.1 Å². The molecule has 1 aromatic heterocycles. The summed E-state index contributed by atoms with van der Waals surface area (Å²) in [5, 5.41) is 5.76. The molecule has 1 amide bonds. The summed E-state index contributed by atoms with van der Waals surface area (Å²) in [5.74, 6) is 0.220. The first-order valence-corrected chi connectivity index (χ1v) is 7.14. The highest BCUT2D eigenvalue weighted by Gasteiger charge is 2.08. The van der Waals surface area contributed by atoms with Crippen molar-refractivity contribution < 1.29 is 4.79 Å². The van der Waals surface area contributed by atoms with Crippen molar-refractivity contribution in [1.82, 2.24) is 9.97 Å². The van der Waals surface area contributed by atoms with Gasteiger partial charge in [-0.25, -0.2) is 9.97 Å². The van der Waals surface area contributed by atoms with E-state index in [0.717, 1.165) is 15.7 Å². The van der Waals surface area contributed by atoms with Crippen LogP contribution in [0.15, 0.2) is 47.7 Å². The molecule has 0 atom stereocenters. The Hall–Kier alpha value is -2.21. The lowest BCUT2D eigenvalue weighted by molar-refractivity contribution is 0.102. The number of anilines is 2. The van der Waals surface area contributed by atoms with Crippen LogP contribution in [0.25, 0.3) is 0 Å². The molecule has 0 aliphatic rings. The molecule has 0 aliphatic carbocycles. The van der Waals surface area contributed by atoms with Gasteiger partial charge in [-0.05, 0) is 30.7 Å². The van der Waals surface area contributed by atoms with Gasteiger partial charge in [0.2, 0.25) is 5.95 Å². The van der Waals surface area contributed by atoms with Gasteiger partial charge in [-0.3, -0.25) is 4.79 Å². The first-order chi connectivity index (χ1) is 10.1. The van der Waals surface area contributed by atoms with Crippen LogP contribution in [0, 0.1) is 6.92 Å².